The van der Waals surface area contributed by atoms with Crippen molar-refractivity contribution in [1.29, 1.82) is 0 Å². The molecular formula is C32H40ClN3O6S. The molecule has 0 fully saturated rings. The van der Waals surface area contributed by atoms with Gasteiger partial charge in [0.2, 0.25) is 11.8 Å². The van der Waals surface area contributed by atoms with Gasteiger partial charge in [0.25, 0.3) is 10.0 Å². The van der Waals surface area contributed by atoms with E-state index in [1.807, 2.05) is 27.7 Å². The quantitative estimate of drug-likeness (QED) is 0.250. The van der Waals surface area contributed by atoms with E-state index in [2.05, 4.69) is 5.32 Å². The molecule has 0 unspecified atom stereocenters. The first-order chi connectivity index (χ1) is 20.5. The molecule has 0 aliphatic carbocycles. The van der Waals surface area contributed by atoms with Crippen LogP contribution in [-0.4, -0.2) is 58.0 Å². The minimum absolute atomic E-state index is 0.0169. The van der Waals surface area contributed by atoms with E-state index in [0.717, 1.165) is 9.87 Å². The molecule has 0 saturated carbocycles. The molecule has 1 N–H and O–H groups in total. The molecule has 43 heavy (non-hydrogen) atoms. The second-order valence-electron chi connectivity index (χ2n) is 10.2. The molecule has 0 spiro atoms. The van der Waals surface area contributed by atoms with Gasteiger partial charge in [-0.2, -0.15) is 0 Å². The van der Waals surface area contributed by atoms with Crippen molar-refractivity contribution in [3.63, 3.8) is 0 Å². The summed E-state index contributed by atoms with van der Waals surface area (Å²) in [5.41, 5.74) is 1.85. The fourth-order valence-electron chi connectivity index (χ4n) is 4.51. The zero-order chi connectivity index (χ0) is 31.7. The Hall–Kier alpha value is -3.76. The zero-order valence-electron chi connectivity index (χ0n) is 25.5. The van der Waals surface area contributed by atoms with Crippen LogP contribution in [0, 0.1) is 6.92 Å². The van der Waals surface area contributed by atoms with E-state index < -0.39 is 28.5 Å². The fraction of sp³-hybridized carbons (Fsp3) is 0.375. The second-order valence-corrected chi connectivity index (χ2v) is 12.5. The number of amides is 2. The third-order valence-electron chi connectivity index (χ3n) is 7.23. The Balaban J connectivity index is 2.10. The number of methoxy groups -OCH3 is 2. The lowest BCUT2D eigenvalue weighted by Gasteiger charge is -2.34. The average molecular weight is 630 g/mol. The van der Waals surface area contributed by atoms with Gasteiger partial charge in [0, 0.05) is 23.7 Å². The normalized spacial score (nSPS) is 12.6. The molecular weight excluding hydrogens is 590 g/mol. The average Bonchev–Trinajstić information content (AvgIpc) is 3.00. The van der Waals surface area contributed by atoms with Crippen LogP contribution in [0.3, 0.4) is 0 Å². The topological polar surface area (TPSA) is 105 Å². The molecule has 0 bridgehead atoms. The van der Waals surface area contributed by atoms with Gasteiger partial charge in [0.1, 0.15) is 12.6 Å². The number of carbonyl (C=O) groups excluding carboxylic acids is 2. The molecule has 0 aliphatic heterocycles. The van der Waals surface area contributed by atoms with Gasteiger partial charge in [-0.15, -0.1) is 0 Å². The Bertz CT molecular complexity index is 1510. The van der Waals surface area contributed by atoms with Gasteiger partial charge in [-0.25, -0.2) is 8.42 Å². The Kier molecular flexibility index (Phi) is 11.9. The smallest absolute Gasteiger partial charge is 0.264 e. The standard InChI is InChI=1S/C32H40ClN3O6S/c1-7-23(4)34-32(38)28(8-2)35(20-24-11-9-10-12-27(24)33)31(37)21-36(25-15-13-22(3)14-16-25)43(39,40)26-17-18-29(41-5)30(19-26)42-6/h9-19,23,28H,7-8,20-21H2,1-6H3,(H,34,38)/t23-,28-/m0/s1. The number of anilines is 1. The highest BCUT2D eigenvalue weighted by Crippen LogP contribution is 2.32. The van der Waals surface area contributed by atoms with Gasteiger partial charge in [0.05, 0.1) is 24.8 Å². The summed E-state index contributed by atoms with van der Waals surface area (Å²) in [6.07, 6.45) is 1.02. The molecule has 3 aromatic carbocycles. The fourth-order valence-corrected chi connectivity index (χ4v) is 6.14. The van der Waals surface area contributed by atoms with Gasteiger partial charge >= 0.3 is 0 Å². The summed E-state index contributed by atoms with van der Waals surface area (Å²) in [6.45, 7) is 7.00. The molecule has 0 saturated heterocycles. The van der Waals surface area contributed by atoms with Crippen molar-refractivity contribution in [3.8, 4) is 11.5 Å². The van der Waals surface area contributed by atoms with E-state index in [4.69, 9.17) is 21.1 Å². The molecule has 232 valence electrons. The number of nitrogens with zero attached hydrogens (tertiary/aromatic N) is 2. The lowest BCUT2D eigenvalue weighted by atomic mass is 10.1. The van der Waals surface area contributed by atoms with Crippen molar-refractivity contribution in [3.05, 3.63) is 82.9 Å². The Morgan fingerprint density at radius 2 is 1.58 bits per heavy atom. The maximum Gasteiger partial charge on any atom is 0.264 e. The first kappa shape index (κ1) is 33.7. The van der Waals surface area contributed by atoms with Crippen LogP contribution in [0.25, 0.3) is 0 Å². The molecule has 3 rings (SSSR count). The Morgan fingerprint density at radius 1 is 0.930 bits per heavy atom. The van der Waals surface area contributed by atoms with E-state index in [0.29, 0.717) is 34.9 Å². The largest absolute Gasteiger partial charge is 0.493 e. The van der Waals surface area contributed by atoms with Crippen LogP contribution in [0.15, 0.2) is 71.6 Å². The third kappa shape index (κ3) is 8.20. The van der Waals surface area contributed by atoms with Crippen molar-refractivity contribution < 1.29 is 27.5 Å². The highest BCUT2D eigenvalue weighted by molar-refractivity contribution is 7.92. The molecule has 9 nitrogen and oxygen atoms in total. The van der Waals surface area contributed by atoms with Gasteiger partial charge in [-0.3, -0.25) is 13.9 Å². The highest BCUT2D eigenvalue weighted by atomic mass is 35.5. The summed E-state index contributed by atoms with van der Waals surface area (Å²) in [5.74, 6) is -0.284. The molecule has 2 atom stereocenters. The van der Waals surface area contributed by atoms with Crippen molar-refractivity contribution >= 4 is 39.1 Å². The van der Waals surface area contributed by atoms with Gasteiger partial charge < -0.3 is 19.7 Å². The van der Waals surface area contributed by atoms with Crippen LogP contribution in [0.5, 0.6) is 11.5 Å². The molecule has 0 heterocycles. The van der Waals surface area contributed by atoms with E-state index in [1.54, 1.807) is 48.5 Å². The van der Waals surface area contributed by atoms with Crippen molar-refractivity contribution in [2.45, 2.75) is 64.1 Å². The lowest BCUT2D eigenvalue weighted by molar-refractivity contribution is -0.140. The van der Waals surface area contributed by atoms with Crippen LogP contribution >= 0.6 is 11.6 Å². The predicted octanol–water partition coefficient (Wildman–Crippen LogP) is 5.58. The monoisotopic (exact) mass is 629 g/mol. The molecule has 0 aliphatic rings. The van der Waals surface area contributed by atoms with E-state index in [1.165, 1.54) is 37.3 Å². The minimum atomic E-state index is -4.29. The lowest BCUT2D eigenvalue weighted by Crippen LogP contribution is -2.53. The summed E-state index contributed by atoms with van der Waals surface area (Å²) in [4.78, 5) is 29.0. The van der Waals surface area contributed by atoms with E-state index in [9.17, 15) is 18.0 Å². The number of ether oxygens (including phenoxy) is 2. The highest BCUT2D eigenvalue weighted by Gasteiger charge is 2.34. The maximum absolute atomic E-state index is 14.2. The Morgan fingerprint density at radius 3 is 2.16 bits per heavy atom. The van der Waals surface area contributed by atoms with Crippen LogP contribution in [0.4, 0.5) is 5.69 Å². The zero-order valence-corrected chi connectivity index (χ0v) is 27.0. The number of nitrogens with one attached hydrogen (secondary N) is 1. The SMILES string of the molecule is CC[C@H](C)NC(=O)[C@H](CC)N(Cc1ccccc1Cl)C(=O)CN(c1ccc(C)cc1)S(=O)(=O)c1ccc(OC)c(OC)c1. The first-order valence-electron chi connectivity index (χ1n) is 14.1. The van der Waals surface area contributed by atoms with Gasteiger partial charge in [-0.1, -0.05) is 61.3 Å². The van der Waals surface area contributed by atoms with Crippen molar-refractivity contribution in [1.82, 2.24) is 10.2 Å². The summed E-state index contributed by atoms with van der Waals surface area (Å²) in [6, 6.07) is 17.2. The number of sulfonamides is 1. The Labute approximate surface area is 259 Å². The second kappa shape index (κ2) is 15.1. The summed E-state index contributed by atoms with van der Waals surface area (Å²) >= 11 is 6.46. The summed E-state index contributed by atoms with van der Waals surface area (Å²) in [7, 11) is -1.42. The number of rotatable bonds is 14. The minimum Gasteiger partial charge on any atom is -0.493 e. The van der Waals surface area contributed by atoms with Crippen LogP contribution in [0.1, 0.15) is 44.7 Å². The number of aryl methyl sites for hydroxylation is 1. The number of halogens is 1. The number of hydrogen-bond donors (Lipinski definition) is 1. The van der Waals surface area contributed by atoms with Gasteiger partial charge in [-0.05, 0) is 62.6 Å². The van der Waals surface area contributed by atoms with Crippen LogP contribution < -0.4 is 19.1 Å². The third-order valence-corrected chi connectivity index (χ3v) is 9.37. The molecule has 3 aromatic rings. The van der Waals surface area contributed by atoms with Gasteiger partial charge in [0.15, 0.2) is 11.5 Å². The van der Waals surface area contributed by atoms with Crippen LogP contribution in [0.2, 0.25) is 5.02 Å². The van der Waals surface area contributed by atoms with Crippen molar-refractivity contribution in [2.75, 3.05) is 25.1 Å². The van der Waals surface area contributed by atoms with Crippen molar-refractivity contribution in [2.24, 2.45) is 0 Å². The predicted molar refractivity (Wildman–Crippen MR) is 169 cm³/mol. The summed E-state index contributed by atoms with van der Waals surface area (Å²) < 4.78 is 40.0. The van der Waals surface area contributed by atoms with E-state index >= 15 is 0 Å². The number of hydrogen-bond acceptors (Lipinski definition) is 6. The molecule has 0 radical (unpaired) electrons. The molecule has 11 heteroatoms. The number of benzene rings is 3. The summed E-state index contributed by atoms with van der Waals surface area (Å²) in [5, 5.41) is 3.40. The molecule has 0 aromatic heterocycles. The number of carbonyl (C=O) groups is 2. The van der Waals surface area contributed by atoms with Crippen LogP contribution in [-0.2, 0) is 26.2 Å². The first-order valence-corrected chi connectivity index (χ1v) is 15.9. The maximum atomic E-state index is 14.2. The molecule has 2 amide bonds. The van der Waals surface area contributed by atoms with E-state index in [-0.39, 0.29) is 29.1 Å².